The Morgan fingerprint density at radius 3 is 2.26 bits per heavy atom. The Kier molecular flexibility index (Phi) is 3.87. The molecule has 23 heavy (non-hydrogen) atoms. The molecule has 3 nitrogen and oxygen atoms in total. The molecule has 1 heterocycles. The fraction of sp³-hybridized carbons (Fsp3) is 0.0625. The van der Waals surface area contributed by atoms with Crippen molar-refractivity contribution in [2.75, 3.05) is 0 Å². The lowest BCUT2D eigenvalue weighted by molar-refractivity contribution is 0.281. The number of aliphatic hydroxyl groups excluding tert-OH is 1. The Labute approximate surface area is 127 Å². The molecule has 0 aliphatic rings. The van der Waals surface area contributed by atoms with Crippen LogP contribution in [0.4, 0.5) is 17.6 Å². The van der Waals surface area contributed by atoms with E-state index in [1.54, 1.807) is 6.07 Å². The first-order chi connectivity index (χ1) is 11.0. The highest BCUT2D eigenvalue weighted by Crippen LogP contribution is 2.35. The molecule has 118 valence electrons. The standard InChI is InChI=1S/C16H9F4NO2/c17-11-4-2-1-3-8(11)15-10(7-22)16(23-21-15)9-5-13(19)14(20)6-12(9)18/h1-6,22H,7H2. The summed E-state index contributed by atoms with van der Waals surface area (Å²) in [5, 5.41) is 13.1. The van der Waals surface area contributed by atoms with E-state index >= 15 is 0 Å². The first-order valence-electron chi connectivity index (χ1n) is 6.52. The van der Waals surface area contributed by atoms with Crippen molar-refractivity contribution in [2.24, 2.45) is 0 Å². The van der Waals surface area contributed by atoms with Crippen LogP contribution < -0.4 is 0 Å². The largest absolute Gasteiger partial charge is 0.391 e. The quantitative estimate of drug-likeness (QED) is 0.584. The second kappa shape index (κ2) is 5.85. The van der Waals surface area contributed by atoms with Crippen LogP contribution in [0.3, 0.4) is 0 Å². The number of hydrogen-bond acceptors (Lipinski definition) is 3. The molecule has 0 fully saturated rings. The number of nitrogens with zero attached hydrogens (tertiary/aromatic N) is 1. The molecule has 1 N–H and O–H groups in total. The van der Waals surface area contributed by atoms with Crippen LogP contribution in [0.1, 0.15) is 5.56 Å². The molecule has 7 heteroatoms. The van der Waals surface area contributed by atoms with Crippen molar-refractivity contribution < 1.29 is 27.2 Å². The highest BCUT2D eigenvalue weighted by molar-refractivity contribution is 5.73. The highest BCUT2D eigenvalue weighted by Gasteiger charge is 2.23. The van der Waals surface area contributed by atoms with Gasteiger partial charge >= 0.3 is 0 Å². The minimum absolute atomic E-state index is 0.0278. The van der Waals surface area contributed by atoms with Gasteiger partial charge in [0, 0.05) is 11.6 Å². The highest BCUT2D eigenvalue weighted by atomic mass is 19.2. The van der Waals surface area contributed by atoms with Gasteiger partial charge < -0.3 is 9.63 Å². The van der Waals surface area contributed by atoms with E-state index in [2.05, 4.69) is 5.16 Å². The zero-order valence-electron chi connectivity index (χ0n) is 11.5. The molecule has 0 bridgehead atoms. The van der Waals surface area contributed by atoms with Gasteiger partial charge in [0.05, 0.1) is 17.7 Å². The van der Waals surface area contributed by atoms with Gasteiger partial charge in [-0.15, -0.1) is 0 Å². The molecule has 1 aromatic heterocycles. The van der Waals surface area contributed by atoms with Gasteiger partial charge in [-0.1, -0.05) is 17.3 Å². The summed E-state index contributed by atoms with van der Waals surface area (Å²) in [6, 6.07) is 6.55. The third-order valence-electron chi connectivity index (χ3n) is 3.33. The molecule has 0 atom stereocenters. The molecule has 0 spiro atoms. The fourth-order valence-corrected chi connectivity index (χ4v) is 2.23. The molecule has 0 aliphatic carbocycles. The van der Waals surface area contributed by atoms with Crippen LogP contribution in [-0.4, -0.2) is 10.3 Å². The minimum atomic E-state index is -1.36. The molecule has 0 amide bonds. The van der Waals surface area contributed by atoms with Crippen molar-refractivity contribution in [1.82, 2.24) is 5.16 Å². The molecule has 0 aliphatic heterocycles. The van der Waals surface area contributed by atoms with E-state index in [1.165, 1.54) is 18.2 Å². The van der Waals surface area contributed by atoms with Crippen molar-refractivity contribution in [3.8, 4) is 22.6 Å². The summed E-state index contributed by atoms with van der Waals surface area (Å²) < 4.78 is 59.0. The monoisotopic (exact) mass is 323 g/mol. The first kappa shape index (κ1) is 15.2. The first-order valence-corrected chi connectivity index (χ1v) is 6.52. The van der Waals surface area contributed by atoms with Crippen molar-refractivity contribution in [3.05, 3.63) is 65.2 Å². The summed E-state index contributed by atoms with van der Waals surface area (Å²) in [6.07, 6.45) is 0. The van der Waals surface area contributed by atoms with Crippen LogP contribution in [0.25, 0.3) is 22.6 Å². The zero-order chi connectivity index (χ0) is 16.6. The van der Waals surface area contributed by atoms with E-state index in [4.69, 9.17) is 4.52 Å². The number of benzene rings is 2. The van der Waals surface area contributed by atoms with Gasteiger partial charge in [-0.25, -0.2) is 17.6 Å². The summed E-state index contributed by atoms with van der Waals surface area (Å²) >= 11 is 0. The second-order valence-electron chi connectivity index (χ2n) is 4.72. The predicted octanol–water partition coefficient (Wildman–Crippen LogP) is 4.06. The lowest BCUT2D eigenvalue weighted by Gasteiger charge is -2.04. The predicted molar refractivity (Wildman–Crippen MR) is 73.1 cm³/mol. The van der Waals surface area contributed by atoms with Crippen LogP contribution in [0.2, 0.25) is 0 Å². The SMILES string of the molecule is OCc1c(-c2ccccc2F)noc1-c1cc(F)c(F)cc1F. The Morgan fingerprint density at radius 2 is 1.57 bits per heavy atom. The van der Waals surface area contributed by atoms with Gasteiger partial charge in [0.2, 0.25) is 0 Å². The maximum Gasteiger partial charge on any atom is 0.176 e. The van der Waals surface area contributed by atoms with Crippen LogP contribution in [0, 0.1) is 23.3 Å². The Bertz CT molecular complexity index is 877. The van der Waals surface area contributed by atoms with Gasteiger partial charge in [-0.3, -0.25) is 0 Å². The summed E-state index contributed by atoms with van der Waals surface area (Å²) in [5.41, 5.74) is -0.442. The van der Waals surface area contributed by atoms with E-state index in [9.17, 15) is 22.7 Å². The van der Waals surface area contributed by atoms with E-state index in [0.717, 1.165) is 0 Å². The van der Waals surface area contributed by atoms with E-state index < -0.39 is 35.4 Å². The third-order valence-corrected chi connectivity index (χ3v) is 3.33. The Balaban J connectivity index is 2.20. The lowest BCUT2D eigenvalue weighted by atomic mass is 10.0. The van der Waals surface area contributed by atoms with Crippen LogP contribution in [0.5, 0.6) is 0 Å². The number of rotatable bonds is 3. The van der Waals surface area contributed by atoms with Crippen LogP contribution >= 0.6 is 0 Å². The summed E-state index contributed by atoms with van der Waals surface area (Å²) in [7, 11) is 0. The normalized spacial score (nSPS) is 11.0. The molecule has 0 unspecified atom stereocenters. The van der Waals surface area contributed by atoms with Crippen molar-refractivity contribution in [3.63, 3.8) is 0 Å². The fourth-order valence-electron chi connectivity index (χ4n) is 2.23. The van der Waals surface area contributed by atoms with Gasteiger partial charge in [0.1, 0.15) is 17.3 Å². The Hall–Kier alpha value is -2.67. The number of aromatic nitrogens is 1. The maximum absolute atomic E-state index is 13.9. The number of aliphatic hydroxyl groups is 1. The lowest BCUT2D eigenvalue weighted by Crippen LogP contribution is -1.95. The average Bonchev–Trinajstić information content (AvgIpc) is 2.94. The molecule has 3 rings (SSSR count). The smallest absolute Gasteiger partial charge is 0.176 e. The molecule has 2 aromatic carbocycles. The van der Waals surface area contributed by atoms with E-state index in [1.807, 2.05) is 0 Å². The Morgan fingerprint density at radius 1 is 0.870 bits per heavy atom. The van der Waals surface area contributed by atoms with Crippen molar-refractivity contribution >= 4 is 0 Å². The average molecular weight is 323 g/mol. The maximum atomic E-state index is 13.9. The molecular formula is C16H9F4NO2. The number of halogens is 4. The topological polar surface area (TPSA) is 46.3 Å². The summed E-state index contributed by atoms with van der Waals surface area (Å²) in [4.78, 5) is 0. The molecule has 0 saturated heterocycles. The molecule has 0 saturated carbocycles. The molecule has 3 aromatic rings. The summed E-state index contributed by atoms with van der Waals surface area (Å²) in [6.45, 7) is -0.652. The second-order valence-corrected chi connectivity index (χ2v) is 4.72. The molecule has 0 radical (unpaired) electrons. The van der Waals surface area contributed by atoms with Gasteiger partial charge in [-0.2, -0.15) is 0 Å². The van der Waals surface area contributed by atoms with Crippen LogP contribution in [0.15, 0.2) is 40.9 Å². The van der Waals surface area contributed by atoms with Gasteiger partial charge in [0.15, 0.2) is 17.4 Å². The van der Waals surface area contributed by atoms with Crippen molar-refractivity contribution in [2.45, 2.75) is 6.61 Å². The third kappa shape index (κ3) is 2.59. The van der Waals surface area contributed by atoms with E-state index in [-0.39, 0.29) is 22.6 Å². The molecular weight excluding hydrogens is 314 g/mol. The van der Waals surface area contributed by atoms with E-state index in [0.29, 0.717) is 12.1 Å². The van der Waals surface area contributed by atoms with Gasteiger partial charge in [0.25, 0.3) is 0 Å². The van der Waals surface area contributed by atoms with Gasteiger partial charge in [-0.05, 0) is 18.2 Å². The minimum Gasteiger partial charge on any atom is -0.391 e. The number of hydrogen-bond donors (Lipinski definition) is 1. The summed E-state index contributed by atoms with van der Waals surface area (Å²) in [5.74, 6) is -4.63. The van der Waals surface area contributed by atoms with Crippen LogP contribution in [-0.2, 0) is 6.61 Å². The van der Waals surface area contributed by atoms with Crippen molar-refractivity contribution in [1.29, 1.82) is 0 Å². The zero-order valence-corrected chi connectivity index (χ0v) is 11.5.